The number of hydrogen-bond acceptors (Lipinski definition) is 11. The van der Waals surface area contributed by atoms with Gasteiger partial charge in [-0.25, -0.2) is 13.4 Å². The molecule has 14 nitrogen and oxygen atoms in total. The van der Waals surface area contributed by atoms with Crippen LogP contribution < -0.4 is 20.1 Å². The lowest BCUT2D eigenvalue weighted by atomic mass is 10.0. The summed E-state index contributed by atoms with van der Waals surface area (Å²) in [7, 11) is -3.86. The van der Waals surface area contributed by atoms with Gasteiger partial charge in [0.2, 0.25) is 33.6 Å². The van der Waals surface area contributed by atoms with Crippen LogP contribution in [0.15, 0.2) is 41.5 Å². The fraction of sp³-hybridized carbons (Fsp3) is 0.543. The summed E-state index contributed by atoms with van der Waals surface area (Å²) < 4.78 is 40.9. The summed E-state index contributed by atoms with van der Waals surface area (Å²) in [5.41, 5.74) is 1.49. The van der Waals surface area contributed by atoms with Gasteiger partial charge in [-0.1, -0.05) is 37.5 Å². The Bertz CT molecular complexity index is 1930. The van der Waals surface area contributed by atoms with Crippen LogP contribution in [0.4, 0.5) is 6.01 Å². The van der Waals surface area contributed by atoms with Gasteiger partial charge in [-0.3, -0.25) is 19.1 Å². The maximum absolute atomic E-state index is 14.5. The number of rotatable bonds is 7. The maximum atomic E-state index is 14.5. The minimum Gasteiger partial charge on any atom is -0.472 e. The van der Waals surface area contributed by atoms with Crippen molar-refractivity contribution in [1.82, 2.24) is 30.1 Å². The molecule has 0 unspecified atom stereocenters. The molecule has 3 amide bonds. The highest BCUT2D eigenvalue weighted by Crippen LogP contribution is 2.46. The molecule has 6 bridgehead atoms. The van der Waals surface area contributed by atoms with Gasteiger partial charge >= 0.3 is 6.01 Å². The fourth-order valence-electron chi connectivity index (χ4n) is 7.08. The molecule has 3 fully saturated rings. The van der Waals surface area contributed by atoms with Crippen molar-refractivity contribution in [3.8, 4) is 17.0 Å². The second-order valence-corrected chi connectivity index (χ2v) is 17.6. The summed E-state index contributed by atoms with van der Waals surface area (Å²) in [6, 6.07) is 4.52. The Morgan fingerprint density at radius 2 is 1.94 bits per heavy atom. The summed E-state index contributed by atoms with van der Waals surface area (Å²) in [5.74, 6) is -1.63. The third-order valence-electron chi connectivity index (χ3n) is 10.2. The molecule has 51 heavy (non-hydrogen) atoms. The van der Waals surface area contributed by atoms with Gasteiger partial charge in [-0.15, -0.1) is 11.7 Å². The number of fused-ring (bicyclic) bond motifs is 5. The fourth-order valence-corrected chi connectivity index (χ4v) is 8.92. The SMILES string of the molecule is C=C[C@@H]1C[C@]1(NC(=O)[C@@H]1C[C@@H]2CN1C(=O)[C@H](C(C)C)Nc1nnc(o1)CCCCCc1cc3cc(I)cnc(c-3c1)O2)C(=O)NS(=O)(=O)C1CC1. The monoisotopic (exact) mass is 831 g/mol. The van der Waals surface area contributed by atoms with Crippen LogP contribution in [0.25, 0.3) is 11.1 Å². The predicted octanol–water partition coefficient (Wildman–Crippen LogP) is 3.60. The molecule has 2 saturated carbocycles. The molecule has 0 spiro atoms. The van der Waals surface area contributed by atoms with Gasteiger partial charge in [-0.2, -0.15) is 0 Å². The molecule has 3 aliphatic carbocycles. The molecule has 16 heteroatoms. The van der Waals surface area contributed by atoms with Gasteiger partial charge in [0.15, 0.2) is 0 Å². The molecule has 1 aromatic heterocycles. The highest BCUT2D eigenvalue weighted by Gasteiger charge is 2.62. The van der Waals surface area contributed by atoms with Crippen molar-refractivity contribution in [3.63, 3.8) is 0 Å². The summed E-state index contributed by atoms with van der Waals surface area (Å²) in [6.45, 7) is 7.60. The minimum atomic E-state index is -3.86. The lowest BCUT2D eigenvalue weighted by Crippen LogP contribution is -2.58. The van der Waals surface area contributed by atoms with Crippen LogP contribution in [0, 0.1) is 15.4 Å². The molecule has 3 aliphatic heterocycles. The van der Waals surface area contributed by atoms with Crippen LogP contribution in [0.1, 0.15) is 70.2 Å². The Labute approximate surface area is 310 Å². The van der Waals surface area contributed by atoms with E-state index < -0.39 is 56.7 Å². The Balaban J connectivity index is 1.21. The quantitative estimate of drug-likeness (QED) is 0.234. The third-order valence-corrected chi connectivity index (χ3v) is 12.6. The number of nitrogens with zero attached hydrogens (tertiary/aromatic N) is 4. The third kappa shape index (κ3) is 7.43. The Morgan fingerprint density at radius 3 is 2.67 bits per heavy atom. The van der Waals surface area contributed by atoms with Crippen molar-refractivity contribution in [3.05, 3.63) is 52.1 Å². The zero-order chi connectivity index (χ0) is 36.1. The summed E-state index contributed by atoms with van der Waals surface area (Å²) in [6.07, 6.45) is 8.17. The van der Waals surface area contributed by atoms with Crippen LogP contribution in [-0.4, -0.2) is 81.7 Å². The first-order chi connectivity index (χ1) is 24.4. The Morgan fingerprint density at radius 1 is 1.16 bits per heavy atom. The Hall–Kier alpha value is -3.80. The van der Waals surface area contributed by atoms with E-state index in [0.29, 0.717) is 31.0 Å². The van der Waals surface area contributed by atoms with Crippen molar-refractivity contribution in [2.75, 3.05) is 11.9 Å². The van der Waals surface area contributed by atoms with E-state index in [0.717, 1.165) is 45.9 Å². The molecule has 272 valence electrons. The smallest absolute Gasteiger partial charge is 0.316 e. The molecule has 3 N–H and O–H groups in total. The van der Waals surface area contributed by atoms with Crippen LogP contribution >= 0.6 is 22.6 Å². The number of halogens is 1. The normalized spacial score (nSPS) is 26.8. The lowest BCUT2D eigenvalue weighted by molar-refractivity contribution is -0.140. The van der Waals surface area contributed by atoms with Gasteiger partial charge in [0.05, 0.1) is 11.8 Å². The number of aromatic nitrogens is 3. The number of ether oxygens (including phenoxy) is 1. The second kappa shape index (κ2) is 14.0. The van der Waals surface area contributed by atoms with Crippen LogP contribution in [-0.2, 0) is 37.2 Å². The van der Waals surface area contributed by atoms with Crippen molar-refractivity contribution in [1.29, 1.82) is 0 Å². The number of anilines is 1. The number of hydrogen-bond donors (Lipinski definition) is 3. The number of sulfonamides is 1. The molecule has 0 radical (unpaired) electrons. The molecule has 7 rings (SSSR count). The van der Waals surface area contributed by atoms with Crippen LogP contribution in [0.2, 0.25) is 0 Å². The van der Waals surface area contributed by atoms with Gasteiger partial charge in [0, 0.05) is 34.1 Å². The summed E-state index contributed by atoms with van der Waals surface area (Å²) in [4.78, 5) is 48.3. The van der Waals surface area contributed by atoms with Gasteiger partial charge in [0.25, 0.3) is 5.91 Å². The molecule has 1 saturated heterocycles. The zero-order valence-electron chi connectivity index (χ0n) is 28.6. The lowest BCUT2D eigenvalue weighted by Gasteiger charge is -2.30. The van der Waals surface area contributed by atoms with Gasteiger partial charge < -0.3 is 24.7 Å². The molecular formula is C35H42IN7O7S. The largest absolute Gasteiger partial charge is 0.472 e. The van der Waals surface area contributed by atoms with Crippen molar-refractivity contribution >= 4 is 56.4 Å². The standard InChI is InChI=1S/C35H42IN7O7S/c1-4-22-16-35(22,33(46)42-51(47,48)25-10-11-25)39-30(44)27-15-24-18-43(27)32(45)29(19(2)3)38-34-41-40-28(50-34)9-7-5-6-8-20-12-21-14-23(36)17-37-31(49-24)26(21)13-20/h4,12-14,17,19,22,24-25,27,29H,1,5-11,15-16,18H2,2-3H3,(H,38,41)(H,39,44)(H,42,46)/t22-,24-,27+,29+,35-/m1/s1. The summed E-state index contributed by atoms with van der Waals surface area (Å²) >= 11 is 2.23. The first-order valence-electron chi connectivity index (χ1n) is 17.5. The number of amides is 3. The summed E-state index contributed by atoms with van der Waals surface area (Å²) in [5, 5.41) is 13.7. The Kier molecular flexibility index (Phi) is 9.75. The van der Waals surface area contributed by atoms with E-state index in [1.54, 1.807) is 6.20 Å². The van der Waals surface area contributed by atoms with E-state index in [-0.39, 0.29) is 37.2 Å². The highest BCUT2D eigenvalue weighted by molar-refractivity contribution is 14.1. The topological polar surface area (TPSA) is 186 Å². The molecule has 5 atom stereocenters. The van der Waals surface area contributed by atoms with Crippen LogP contribution in [0.3, 0.4) is 0 Å². The zero-order valence-corrected chi connectivity index (χ0v) is 31.5. The van der Waals surface area contributed by atoms with E-state index in [9.17, 15) is 22.8 Å². The number of nitrogens with one attached hydrogen (secondary N) is 3. The van der Waals surface area contributed by atoms with Crippen LogP contribution in [0.5, 0.6) is 5.88 Å². The van der Waals surface area contributed by atoms with E-state index in [2.05, 4.69) is 77.9 Å². The van der Waals surface area contributed by atoms with Gasteiger partial charge in [-0.05, 0) is 90.3 Å². The molecular weight excluding hydrogens is 789 g/mol. The molecule has 0 aromatic carbocycles. The first kappa shape index (κ1) is 35.6. The average Bonchev–Trinajstić information content (AvgIpc) is 3.93. The van der Waals surface area contributed by atoms with E-state index in [4.69, 9.17) is 9.15 Å². The van der Waals surface area contributed by atoms with Crippen molar-refractivity contribution < 1.29 is 32.0 Å². The number of carbonyl (C=O) groups is 3. The average molecular weight is 832 g/mol. The molecule has 6 aliphatic rings. The van der Waals surface area contributed by atoms with E-state index >= 15 is 0 Å². The first-order valence-corrected chi connectivity index (χ1v) is 20.1. The van der Waals surface area contributed by atoms with E-state index in [1.807, 2.05) is 13.8 Å². The number of aryl methyl sites for hydroxylation is 2. The second-order valence-electron chi connectivity index (χ2n) is 14.4. The minimum absolute atomic E-state index is 0.0590. The molecule has 1 aromatic rings. The predicted molar refractivity (Wildman–Crippen MR) is 195 cm³/mol. The van der Waals surface area contributed by atoms with E-state index in [1.165, 1.54) is 11.0 Å². The van der Waals surface area contributed by atoms with Crippen molar-refractivity contribution in [2.45, 2.75) is 101 Å². The van der Waals surface area contributed by atoms with Gasteiger partial charge in [0.1, 0.15) is 23.7 Å². The maximum Gasteiger partial charge on any atom is 0.316 e. The molecule has 4 heterocycles. The number of carbonyl (C=O) groups excluding carboxylic acids is 3. The van der Waals surface area contributed by atoms with Crippen molar-refractivity contribution in [2.24, 2.45) is 11.8 Å². The highest BCUT2D eigenvalue weighted by atomic mass is 127.